The lowest BCUT2D eigenvalue weighted by Gasteiger charge is -2.42. The smallest absolute Gasteiger partial charge is 0.407 e. The summed E-state index contributed by atoms with van der Waals surface area (Å²) in [5.74, 6) is -6.19. The maximum Gasteiger partial charge on any atom is 0.407 e. The van der Waals surface area contributed by atoms with Crippen molar-refractivity contribution in [3.05, 3.63) is 41.8 Å². The number of nitrogens with one attached hydrogen (secondary N) is 1. The summed E-state index contributed by atoms with van der Waals surface area (Å²) in [6.45, 7) is -1.67. The molecule has 1 aliphatic heterocycles. The van der Waals surface area contributed by atoms with Crippen molar-refractivity contribution in [2.75, 3.05) is 18.5 Å². The number of carboxylic acid groups (broad SMARTS) is 1. The van der Waals surface area contributed by atoms with E-state index in [9.17, 15) is 33.1 Å². The van der Waals surface area contributed by atoms with Crippen LogP contribution in [-0.2, 0) is 0 Å². The molecule has 13 heteroatoms. The van der Waals surface area contributed by atoms with Gasteiger partial charge in [0.25, 0.3) is 11.8 Å². The van der Waals surface area contributed by atoms with Gasteiger partial charge < -0.3 is 26.2 Å². The second kappa shape index (κ2) is 9.37. The number of likely N-dealkylation sites (tertiary alicyclic amines) is 1. The third-order valence-corrected chi connectivity index (χ3v) is 5.47. The number of hydrogen-bond donors (Lipinski definition) is 4. The molecule has 1 saturated heterocycles. The quantitative estimate of drug-likeness (QED) is 0.487. The fraction of sp³-hybridized carbons (Fsp3) is 0.400. The van der Waals surface area contributed by atoms with Gasteiger partial charge in [0.15, 0.2) is 5.82 Å². The third-order valence-electron chi connectivity index (χ3n) is 5.47. The lowest BCUT2D eigenvalue weighted by molar-refractivity contribution is -0.0828. The number of nitrogens with two attached hydrogens (primary N) is 1. The van der Waals surface area contributed by atoms with Gasteiger partial charge in [-0.3, -0.25) is 9.48 Å². The molecule has 1 aliphatic rings. The van der Waals surface area contributed by atoms with E-state index in [1.807, 2.05) is 6.07 Å². The average molecular weight is 466 g/mol. The lowest BCUT2D eigenvalue weighted by atomic mass is 9.83. The van der Waals surface area contributed by atoms with Crippen LogP contribution in [0.15, 0.2) is 30.5 Å². The Bertz CT molecular complexity index is 1070. The predicted molar refractivity (Wildman–Crippen MR) is 108 cm³/mol. The number of halogens is 3. The van der Waals surface area contributed by atoms with Crippen molar-refractivity contribution in [1.29, 1.82) is 5.26 Å². The number of aromatic nitrogens is 2. The standard InChI is InChI=1S/C20H21F3N6O4/c21-11-1-3-12(4-2-11)26-18-14(17(25)31)9-29(27-18)15-5-6-28(19(32)33)16(13(15)8-24)7-20(22,23)10-30/h1-4,9,13,15-16,30H,5-7,10H2,(H2,25,31)(H,26,27)(H,32,33). The molecular weight excluding hydrogens is 445 g/mol. The number of primary amides is 1. The molecule has 0 aliphatic carbocycles. The predicted octanol–water partition coefficient (Wildman–Crippen LogP) is 2.32. The number of aliphatic hydroxyl groups excluding tert-OH is 1. The number of carbonyl (C=O) groups is 2. The highest BCUT2D eigenvalue weighted by molar-refractivity contribution is 5.98. The fourth-order valence-corrected chi connectivity index (χ4v) is 3.89. The minimum atomic E-state index is -3.60. The highest BCUT2D eigenvalue weighted by Crippen LogP contribution is 2.38. The van der Waals surface area contributed by atoms with Gasteiger partial charge in [0.2, 0.25) is 0 Å². The highest BCUT2D eigenvalue weighted by atomic mass is 19.3. The van der Waals surface area contributed by atoms with Crippen LogP contribution < -0.4 is 11.1 Å². The summed E-state index contributed by atoms with van der Waals surface area (Å²) >= 11 is 0. The zero-order valence-electron chi connectivity index (χ0n) is 17.2. The van der Waals surface area contributed by atoms with Crippen LogP contribution in [-0.4, -0.2) is 62.0 Å². The van der Waals surface area contributed by atoms with E-state index in [-0.39, 0.29) is 24.3 Å². The van der Waals surface area contributed by atoms with Gasteiger partial charge in [-0.25, -0.2) is 18.0 Å². The molecule has 10 nitrogen and oxygen atoms in total. The summed E-state index contributed by atoms with van der Waals surface area (Å²) in [7, 11) is 0. The second-order valence-electron chi connectivity index (χ2n) is 7.64. The van der Waals surface area contributed by atoms with E-state index >= 15 is 0 Å². The van der Waals surface area contributed by atoms with Gasteiger partial charge >= 0.3 is 6.09 Å². The number of hydrogen-bond acceptors (Lipinski definition) is 6. The maximum atomic E-state index is 14.0. The minimum Gasteiger partial charge on any atom is -0.465 e. The van der Waals surface area contributed by atoms with Gasteiger partial charge in [-0.05, 0) is 30.7 Å². The Morgan fingerprint density at radius 2 is 2.00 bits per heavy atom. The average Bonchev–Trinajstić information content (AvgIpc) is 3.18. The number of aliphatic hydroxyl groups is 1. The summed E-state index contributed by atoms with van der Waals surface area (Å²) in [6.07, 6.45) is -1.22. The molecule has 3 atom stereocenters. The van der Waals surface area contributed by atoms with Crippen LogP contribution in [0.4, 0.5) is 29.5 Å². The van der Waals surface area contributed by atoms with Gasteiger partial charge in [0, 0.05) is 24.8 Å². The number of alkyl halides is 2. The number of benzene rings is 1. The van der Waals surface area contributed by atoms with E-state index in [2.05, 4.69) is 10.4 Å². The van der Waals surface area contributed by atoms with Crippen molar-refractivity contribution in [3.63, 3.8) is 0 Å². The van der Waals surface area contributed by atoms with Crippen molar-refractivity contribution in [2.24, 2.45) is 11.7 Å². The van der Waals surface area contributed by atoms with E-state index in [0.717, 1.165) is 4.90 Å². The Balaban J connectivity index is 1.97. The maximum absolute atomic E-state index is 14.0. The molecule has 5 N–H and O–H groups in total. The largest absolute Gasteiger partial charge is 0.465 e. The van der Waals surface area contributed by atoms with Gasteiger partial charge in [-0.2, -0.15) is 10.4 Å². The molecule has 0 spiro atoms. The second-order valence-corrected chi connectivity index (χ2v) is 7.64. The summed E-state index contributed by atoms with van der Waals surface area (Å²) in [5.41, 5.74) is 5.75. The number of rotatable bonds is 7. The van der Waals surface area contributed by atoms with Crippen LogP contribution in [0.1, 0.15) is 29.2 Å². The molecular formula is C20H21F3N6O4. The Labute approximate surface area is 186 Å². The molecule has 0 radical (unpaired) electrons. The fourth-order valence-electron chi connectivity index (χ4n) is 3.89. The zero-order chi connectivity index (χ0) is 24.3. The molecule has 3 unspecified atom stereocenters. The van der Waals surface area contributed by atoms with Gasteiger partial charge in [-0.15, -0.1) is 0 Å². The summed E-state index contributed by atoms with van der Waals surface area (Å²) in [4.78, 5) is 24.3. The Morgan fingerprint density at radius 3 is 2.55 bits per heavy atom. The van der Waals surface area contributed by atoms with Gasteiger partial charge in [0.1, 0.15) is 18.0 Å². The van der Waals surface area contributed by atoms with Crippen LogP contribution in [0.3, 0.4) is 0 Å². The minimum absolute atomic E-state index is 0.00343. The molecule has 3 rings (SSSR count). The first-order chi connectivity index (χ1) is 15.6. The monoisotopic (exact) mass is 466 g/mol. The summed E-state index contributed by atoms with van der Waals surface area (Å²) in [6, 6.07) is 4.77. The van der Waals surface area contributed by atoms with Crippen molar-refractivity contribution in [3.8, 4) is 6.07 Å². The normalized spacial score (nSPS) is 20.8. The number of carbonyl (C=O) groups excluding carboxylic acids is 1. The van der Waals surface area contributed by atoms with Crippen LogP contribution in [0.2, 0.25) is 0 Å². The molecule has 1 fully saturated rings. The zero-order valence-corrected chi connectivity index (χ0v) is 17.2. The number of nitriles is 1. The van der Waals surface area contributed by atoms with Crippen molar-refractivity contribution in [1.82, 2.24) is 14.7 Å². The molecule has 2 heterocycles. The first-order valence-corrected chi connectivity index (χ1v) is 9.85. The molecule has 0 bridgehead atoms. The molecule has 33 heavy (non-hydrogen) atoms. The van der Waals surface area contributed by atoms with E-state index in [1.165, 1.54) is 35.1 Å². The van der Waals surface area contributed by atoms with E-state index in [4.69, 9.17) is 10.8 Å². The first-order valence-electron chi connectivity index (χ1n) is 9.85. The molecule has 2 amide bonds. The lowest BCUT2D eigenvalue weighted by Crippen LogP contribution is -2.53. The van der Waals surface area contributed by atoms with Crippen LogP contribution in [0.25, 0.3) is 0 Å². The number of amides is 2. The molecule has 1 aromatic carbocycles. The molecule has 0 saturated carbocycles. The first kappa shape index (κ1) is 23.9. The van der Waals surface area contributed by atoms with E-state index < -0.39 is 54.8 Å². The molecule has 2 aromatic rings. The number of nitrogens with zero attached hydrogens (tertiary/aromatic N) is 4. The van der Waals surface area contributed by atoms with Crippen molar-refractivity contribution < 1.29 is 33.0 Å². The van der Waals surface area contributed by atoms with Gasteiger partial charge in [0.05, 0.1) is 24.1 Å². The van der Waals surface area contributed by atoms with Crippen LogP contribution in [0, 0.1) is 23.1 Å². The number of piperidine rings is 1. The third kappa shape index (κ3) is 5.17. The Morgan fingerprint density at radius 1 is 1.33 bits per heavy atom. The molecule has 176 valence electrons. The van der Waals surface area contributed by atoms with Crippen molar-refractivity contribution >= 4 is 23.5 Å². The molecule has 1 aromatic heterocycles. The Hall–Kier alpha value is -3.79. The SMILES string of the molecule is N#CC1C(CC(F)(F)CO)N(C(=O)O)CCC1n1cc(C(N)=O)c(Nc2ccc(F)cc2)n1. The summed E-state index contributed by atoms with van der Waals surface area (Å²) < 4.78 is 42.3. The van der Waals surface area contributed by atoms with Gasteiger partial charge in [-0.1, -0.05) is 0 Å². The van der Waals surface area contributed by atoms with Crippen LogP contribution >= 0.6 is 0 Å². The van der Waals surface area contributed by atoms with Crippen LogP contribution in [0.5, 0.6) is 0 Å². The van der Waals surface area contributed by atoms with E-state index in [1.54, 1.807) is 0 Å². The number of anilines is 2. The van der Waals surface area contributed by atoms with E-state index in [0.29, 0.717) is 5.69 Å². The Kier molecular flexibility index (Phi) is 6.78. The highest BCUT2D eigenvalue weighted by Gasteiger charge is 2.46. The topological polar surface area (TPSA) is 158 Å². The van der Waals surface area contributed by atoms with Crippen molar-refractivity contribution in [2.45, 2.75) is 30.8 Å². The summed E-state index contributed by atoms with van der Waals surface area (Å²) in [5, 5.41) is 35.2.